The highest BCUT2D eigenvalue weighted by molar-refractivity contribution is 5.74. The van der Waals surface area contributed by atoms with Crippen LogP contribution in [0, 0.1) is 11.3 Å². The van der Waals surface area contributed by atoms with Gasteiger partial charge >= 0.3 is 0 Å². The Morgan fingerprint density at radius 1 is 1.33 bits per heavy atom. The monoisotopic (exact) mass is 163 g/mol. The molecule has 0 radical (unpaired) electrons. The van der Waals surface area contributed by atoms with Gasteiger partial charge in [-0.25, -0.2) is 0 Å². The lowest BCUT2D eigenvalue weighted by Gasteiger charge is -1.87. The Bertz CT molecular complexity index is 272. The molecular formula is C9H9NO2. The molecule has 0 amide bonds. The molecule has 0 bridgehead atoms. The van der Waals surface area contributed by atoms with Gasteiger partial charge in [-0.2, -0.15) is 5.26 Å². The Morgan fingerprint density at radius 3 is 2.17 bits per heavy atom. The maximum atomic E-state index is 10.1. The number of nitriles is 1. The van der Waals surface area contributed by atoms with E-state index in [-0.39, 0.29) is 0 Å². The summed E-state index contributed by atoms with van der Waals surface area (Å²) in [5.41, 5.74) is 1.17. The molecule has 12 heavy (non-hydrogen) atoms. The van der Waals surface area contributed by atoms with Gasteiger partial charge in [0, 0.05) is 12.7 Å². The summed E-state index contributed by atoms with van der Waals surface area (Å²) in [6, 6.07) is 8.43. The van der Waals surface area contributed by atoms with Gasteiger partial charge in [-0.1, -0.05) is 12.1 Å². The molecule has 0 spiro atoms. The number of aliphatic hydroxyl groups excluding tert-OH is 1. The molecule has 0 fully saturated rings. The van der Waals surface area contributed by atoms with Crippen LogP contribution in [0.5, 0.6) is 0 Å². The molecule has 3 heteroatoms. The second-order valence-electron chi connectivity index (χ2n) is 1.85. The van der Waals surface area contributed by atoms with E-state index in [9.17, 15) is 4.79 Å². The van der Waals surface area contributed by atoms with E-state index in [1.807, 2.05) is 6.07 Å². The minimum atomic E-state index is 0.575. The summed E-state index contributed by atoms with van der Waals surface area (Å²) < 4.78 is 0. The van der Waals surface area contributed by atoms with E-state index in [4.69, 9.17) is 10.4 Å². The first kappa shape index (κ1) is 10.3. The van der Waals surface area contributed by atoms with Crippen LogP contribution in [-0.4, -0.2) is 18.5 Å². The highest BCUT2D eigenvalue weighted by Crippen LogP contribution is 1.99. The lowest BCUT2D eigenvalue weighted by molar-refractivity contribution is 0.112. The molecule has 1 aromatic carbocycles. The topological polar surface area (TPSA) is 61.1 Å². The molecule has 1 N–H and O–H groups in total. The van der Waals surface area contributed by atoms with Gasteiger partial charge in [0.05, 0.1) is 11.6 Å². The van der Waals surface area contributed by atoms with Gasteiger partial charge in [-0.3, -0.25) is 4.79 Å². The summed E-state index contributed by atoms with van der Waals surface area (Å²) >= 11 is 0. The smallest absolute Gasteiger partial charge is 0.150 e. The minimum Gasteiger partial charge on any atom is -0.400 e. The minimum absolute atomic E-state index is 0.575. The molecular weight excluding hydrogens is 154 g/mol. The van der Waals surface area contributed by atoms with Gasteiger partial charge in [0.25, 0.3) is 0 Å². The first-order chi connectivity index (χ1) is 5.86. The quantitative estimate of drug-likeness (QED) is 0.628. The van der Waals surface area contributed by atoms with Gasteiger partial charge in [0.15, 0.2) is 0 Å². The van der Waals surface area contributed by atoms with E-state index in [1.54, 1.807) is 24.3 Å². The fourth-order valence-corrected chi connectivity index (χ4v) is 0.636. The number of aliphatic hydroxyl groups is 1. The summed E-state index contributed by atoms with van der Waals surface area (Å²) in [7, 11) is 1.00. The van der Waals surface area contributed by atoms with Gasteiger partial charge in [-0.05, 0) is 12.1 Å². The Balaban J connectivity index is 0.000000561. The normalized spacial score (nSPS) is 7.42. The largest absolute Gasteiger partial charge is 0.400 e. The Hall–Kier alpha value is -1.66. The summed E-state index contributed by atoms with van der Waals surface area (Å²) in [5.74, 6) is 0. The van der Waals surface area contributed by atoms with Crippen molar-refractivity contribution >= 4 is 6.29 Å². The predicted molar refractivity (Wildman–Crippen MR) is 44.7 cm³/mol. The number of carbonyl (C=O) groups excluding carboxylic acids is 1. The third-order valence-corrected chi connectivity index (χ3v) is 1.18. The van der Waals surface area contributed by atoms with Gasteiger partial charge < -0.3 is 5.11 Å². The number of nitrogens with zero attached hydrogens (tertiary/aromatic N) is 1. The molecule has 0 aromatic heterocycles. The Morgan fingerprint density at radius 2 is 1.83 bits per heavy atom. The summed E-state index contributed by atoms with van der Waals surface area (Å²) in [4.78, 5) is 10.1. The van der Waals surface area contributed by atoms with Crippen molar-refractivity contribution in [2.45, 2.75) is 0 Å². The Kier molecular flexibility index (Phi) is 5.24. The van der Waals surface area contributed by atoms with E-state index in [0.29, 0.717) is 11.1 Å². The van der Waals surface area contributed by atoms with E-state index in [2.05, 4.69) is 0 Å². The average Bonchev–Trinajstić information content (AvgIpc) is 2.21. The SMILES string of the molecule is CO.N#Cc1ccc(C=O)cc1. The number of carbonyl (C=O) groups is 1. The second kappa shape index (κ2) is 6.08. The van der Waals surface area contributed by atoms with Crippen molar-refractivity contribution in [1.82, 2.24) is 0 Å². The zero-order chi connectivity index (χ0) is 9.40. The van der Waals surface area contributed by atoms with E-state index >= 15 is 0 Å². The third kappa shape index (κ3) is 2.95. The van der Waals surface area contributed by atoms with Crippen LogP contribution in [0.2, 0.25) is 0 Å². The fraction of sp³-hybridized carbons (Fsp3) is 0.111. The standard InChI is InChI=1S/C8H5NO.CH4O/c9-5-7-1-3-8(6-10)4-2-7;1-2/h1-4,6H;2H,1H3. The zero-order valence-corrected chi connectivity index (χ0v) is 6.69. The average molecular weight is 163 g/mol. The maximum Gasteiger partial charge on any atom is 0.150 e. The highest BCUT2D eigenvalue weighted by atomic mass is 16.2. The molecule has 62 valence electrons. The van der Waals surface area contributed by atoms with Crippen molar-refractivity contribution in [3.8, 4) is 6.07 Å². The lowest BCUT2D eigenvalue weighted by atomic mass is 10.2. The van der Waals surface area contributed by atoms with Crippen molar-refractivity contribution in [2.75, 3.05) is 7.11 Å². The van der Waals surface area contributed by atoms with E-state index in [0.717, 1.165) is 13.4 Å². The van der Waals surface area contributed by atoms with Crippen LogP contribution in [0.4, 0.5) is 0 Å². The number of aldehydes is 1. The van der Waals surface area contributed by atoms with Crippen LogP contribution in [0.3, 0.4) is 0 Å². The lowest BCUT2D eigenvalue weighted by Crippen LogP contribution is -1.78. The van der Waals surface area contributed by atoms with Crippen LogP contribution in [0.15, 0.2) is 24.3 Å². The van der Waals surface area contributed by atoms with Crippen LogP contribution < -0.4 is 0 Å². The van der Waals surface area contributed by atoms with Crippen molar-refractivity contribution < 1.29 is 9.90 Å². The number of benzene rings is 1. The van der Waals surface area contributed by atoms with Crippen molar-refractivity contribution in [1.29, 1.82) is 5.26 Å². The Labute approximate surface area is 70.9 Å². The van der Waals surface area contributed by atoms with Crippen molar-refractivity contribution in [3.05, 3.63) is 35.4 Å². The molecule has 0 aliphatic rings. The second-order valence-corrected chi connectivity index (χ2v) is 1.85. The molecule has 0 unspecified atom stereocenters. The van der Waals surface area contributed by atoms with Crippen LogP contribution in [0.1, 0.15) is 15.9 Å². The molecule has 0 aliphatic carbocycles. The molecule has 0 saturated carbocycles. The number of hydrogen-bond acceptors (Lipinski definition) is 3. The van der Waals surface area contributed by atoms with Crippen molar-refractivity contribution in [2.24, 2.45) is 0 Å². The van der Waals surface area contributed by atoms with Gasteiger partial charge in [0.1, 0.15) is 6.29 Å². The number of hydrogen-bond donors (Lipinski definition) is 1. The van der Waals surface area contributed by atoms with Crippen LogP contribution >= 0.6 is 0 Å². The fourth-order valence-electron chi connectivity index (χ4n) is 0.636. The molecule has 1 rings (SSSR count). The highest BCUT2D eigenvalue weighted by Gasteiger charge is 1.88. The molecule has 1 aromatic rings. The zero-order valence-electron chi connectivity index (χ0n) is 6.69. The van der Waals surface area contributed by atoms with E-state index < -0.39 is 0 Å². The summed E-state index contributed by atoms with van der Waals surface area (Å²) in [6.45, 7) is 0. The van der Waals surface area contributed by atoms with Crippen LogP contribution in [0.25, 0.3) is 0 Å². The van der Waals surface area contributed by atoms with Crippen molar-refractivity contribution in [3.63, 3.8) is 0 Å². The summed E-state index contributed by atoms with van der Waals surface area (Å²) in [5, 5.41) is 15.4. The molecule has 0 saturated heterocycles. The maximum absolute atomic E-state index is 10.1. The first-order valence-corrected chi connectivity index (χ1v) is 3.27. The molecule has 0 heterocycles. The molecule has 0 atom stereocenters. The van der Waals surface area contributed by atoms with Crippen LogP contribution in [-0.2, 0) is 0 Å². The number of rotatable bonds is 1. The summed E-state index contributed by atoms with van der Waals surface area (Å²) in [6.07, 6.45) is 0.751. The van der Waals surface area contributed by atoms with Gasteiger partial charge in [0.2, 0.25) is 0 Å². The predicted octanol–water partition coefficient (Wildman–Crippen LogP) is 0.979. The molecule has 3 nitrogen and oxygen atoms in total. The van der Waals surface area contributed by atoms with Gasteiger partial charge in [-0.15, -0.1) is 0 Å². The van der Waals surface area contributed by atoms with E-state index in [1.165, 1.54) is 0 Å². The third-order valence-electron chi connectivity index (χ3n) is 1.18. The first-order valence-electron chi connectivity index (χ1n) is 3.27. The molecule has 0 aliphatic heterocycles.